The average molecular weight is 219 g/mol. The van der Waals surface area contributed by atoms with E-state index in [1.165, 1.54) is 36.8 Å². The minimum atomic E-state index is 0.370. The zero-order chi connectivity index (χ0) is 11.5. The van der Waals surface area contributed by atoms with Crippen LogP contribution in [0.3, 0.4) is 0 Å². The molecule has 0 bridgehead atoms. The van der Waals surface area contributed by atoms with Crippen LogP contribution in [-0.2, 0) is 0 Å². The lowest BCUT2D eigenvalue weighted by atomic mass is 9.91. The second-order valence-corrected chi connectivity index (χ2v) is 4.80. The molecule has 1 aliphatic carbocycles. The number of nitrogens with two attached hydrogens (primary N) is 1. The van der Waals surface area contributed by atoms with Crippen LogP contribution >= 0.6 is 0 Å². The van der Waals surface area contributed by atoms with Gasteiger partial charge in [-0.05, 0) is 44.4 Å². The fourth-order valence-electron chi connectivity index (χ4n) is 2.79. The molecule has 0 radical (unpaired) electrons. The molecule has 3 heteroatoms. The van der Waals surface area contributed by atoms with Gasteiger partial charge in [0.1, 0.15) is 5.82 Å². The number of hydrogen-bond donors (Lipinski definition) is 2. The fourth-order valence-corrected chi connectivity index (χ4v) is 2.79. The molecular weight excluding hydrogens is 198 g/mol. The van der Waals surface area contributed by atoms with Crippen LogP contribution in [0.15, 0.2) is 12.3 Å². The maximum Gasteiger partial charge on any atom is 0.128 e. The summed E-state index contributed by atoms with van der Waals surface area (Å²) in [6.45, 7) is 2.07. The van der Waals surface area contributed by atoms with E-state index in [0.717, 1.165) is 5.92 Å². The van der Waals surface area contributed by atoms with Crippen LogP contribution < -0.4 is 11.1 Å². The molecule has 0 spiro atoms. The number of hydrogen-bond acceptors (Lipinski definition) is 3. The molecule has 1 aromatic rings. The van der Waals surface area contributed by atoms with E-state index in [1.807, 2.05) is 13.2 Å². The summed E-state index contributed by atoms with van der Waals surface area (Å²) in [6.07, 6.45) is 7.14. The van der Waals surface area contributed by atoms with E-state index < -0.39 is 0 Å². The van der Waals surface area contributed by atoms with Crippen molar-refractivity contribution < 1.29 is 0 Å². The fraction of sp³-hybridized carbons (Fsp3) is 0.615. The Morgan fingerprint density at radius 3 is 2.75 bits per heavy atom. The molecule has 1 atom stereocenters. The summed E-state index contributed by atoms with van der Waals surface area (Å²) in [5.41, 5.74) is 8.34. The third-order valence-corrected chi connectivity index (χ3v) is 3.60. The Bertz CT molecular complexity index is 356. The Labute approximate surface area is 97.5 Å². The Balaban J connectivity index is 2.28. The average Bonchev–Trinajstić information content (AvgIpc) is 2.78. The van der Waals surface area contributed by atoms with Gasteiger partial charge < -0.3 is 11.1 Å². The number of rotatable bonds is 3. The van der Waals surface area contributed by atoms with Gasteiger partial charge in [0, 0.05) is 17.8 Å². The molecule has 88 valence electrons. The van der Waals surface area contributed by atoms with E-state index in [9.17, 15) is 0 Å². The van der Waals surface area contributed by atoms with Crippen molar-refractivity contribution in [1.82, 2.24) is 10.3 Å². The van der Waals surface area contributed by atoms with Gasteiger partial charge in [0.2, 0.25) is 0 Å². The minimum absolute atomic E-state index is 0.370. The highest BCUT2D eigenvalue weighted by molar-refractivity contribution is 5.43. The SMILES string of the molecule is CNC(c1cc(C)cnc1N)C1CCCC1. The van der Waals surface area contributed by atoms with Crippen LogP contribution in [0, 0.1) is 12.8 Å². The first kappa shape index (κ1) is 11.4. The molecule has 0 aromatic carbocycles. The summed E-state index contributed by atoms with van der Waals surface area (Å²) in [5, 5.41) is 3.41. The number of pyridine rings is 1. The van der Waals surface area contributed by atoms with Crippen LogP contribution in [0.1, 0.15) is 42.9 Å². The van der Waals surface area contributed by atoms with Crippen LogP contribution in [0.2, 0.25) is 0 Å². The zero-order valence-electron chi connectivity index (χ0n) is 10.2. The largest absolute Gasteiger partial charge is 0.383 e. The van der Waals surface area contributed by atoms with Gasteiger partial charge in [-0.25, -0.2) is 4.98 Å². The number of aromatic nitrogens is 1. The zero-order valence-corrected chi connectivity index (χ0v) is 10.2. The van der Waals surface area contributed by atoms with E-state index in [2.05, 4.69) is 23.3 Å². The summed E-state index contributed by atoms with van der Waals surface area (Å²) in [4.78, 5) is 4.26. The molecule has 1 aliphatic rings. The number of nitrogens with zero attached hydrogens (tertiary/aromatic N) is 1. The maximum atomic E-state index is 5.98. The summed E-state index contributed by atoms with van der Waals surface area (Å²) in [6, 6.07) is 2.54. The highest BCUT2D eigenvalue weighted by Crippen LogP contribution is 2.37. The summed E-state index contributed by atoms with van der Waals surface area (Å²) < 4.78 is 0. The van der Waals surface area contributed by atoms with Crippen molar-refractivity contribution >= 4 is 5.82 Å². The number of nitrogen functional groups attached to an aromatic ring is 1. The molecule has 3 N–H and O–H groups in total. The highest BCUT2D eigenvalue weighted by atomic mass is 14.9. The third-order valence-electron chi connectivity index (χ3n) is 3.60. The summed E-state index contributed by atoms with van der Waals surface area (Å²) in [7, 11) is 2.02. The van der Waals surface area contributed by atoms with E-state index in [0.29, 0.717) is 11.9 Å². The molecule has 0 aliphatic heterocycles. The van der Waals surface area contributed by atoms with E-state index in [4.69, 9.17) is 5.73 Å². The predicted octanol–water partition coefficient (Wildman–Crippen LogP) is 2.42. The molecule has 0 amide bonds. The quantitative estimate of drug-likeness (QED) is 0.821. The number of anilines is 1. The molecule has 3 nitrogen and oxygen atoms in total. The lowest BCUT2D eigenvalue weighted by Gasteiger charge is -2.24. The predicted molar refractivity (Wildman–Crippen MR) is 67.1 cm³/mol. The van der Waals surface area contributed by atoms with Gasteiger partial charge in [0.25, 0.3) is 0 Å². The second-order valence-electron chi connectivity index (χ2n) is 4.80. The minimum Gasteiger partial charge on any atom is -0.383 e. The topological polar surface area (TPSA) is 50.9 Å². The smallest absolute Gasteiger partial charge is 0.128 e. The van der Waals surface area contributed by atoms with Crippen molar-refractivity contribution in [3.63, 3.8) is 0 Å². The lowest BCUT2D eigenvalue weighted by Crippen LogP contribution is -2.25. The monoisotopic (exact) mass is 219 g/mol. The normalized spacial score (nSPS) is 18.9. The standard InChI is InChI=1S/C13H21N3/c1-9-7-11(13(14)16-8-9)12(15-2)10-5-3-4-6-10/h7-8,10,12,15H,3-6H2,1-2H3,(H2,14,16). The lowest BCUT2D eigenvalue weighted by molar-refractivity contribution is 0.390. The van der Waals surface area contributed by atoms with Gasteiger partial charge in [-0.2, -0.15) is 0 Å². The van der Waals surface area contributed by atoms with Crippen LogP contribution in [0.25, 0.3) is 0 Å². The van der Waals surface area contributed by atoms with E-state index in [1.54, 1.807) is 0 Å². The second kappa shape index (κ2) is 4.83. The molecule has 1 heterocycles. The summed E-state index contributed by atoms with van der Waals surface area (Å²) in [5.74, 6) is 1.40. The van der Waals surface area contributed by atoms with Crippen molar-refractivity contribution in [3.05, 3.63) is 23.4 Å². The van der Waals surface area contributed by atoms with Crippen molar-refractivity contribution in [3.8, 4) is 0 Å². The molecule has 1 unspecified atom stereocenters. The maximum absolute atomic E-state index is 5.98. The molecule has 0 saturated heterocycles. The van der Waals surface area contributed by atoms with Crippen molar-refractivity contribution in [1.29, 1.82) is 0 Å². The van der Waals surface area contributed by atoms with Crippen LogP contribution in [0.5, 0.6) is 0 Å². The Kier molecular flexibility index (Phi) is 3.44. The Hall–Kier alpha value is -1.09. The number of aryl methyl sites for hydroxylation is 1. The van der Waals surface area contributed by atoms with Crippen molar-refractivity contribution in [2.45, 2.75) is 38.6 Å². The van der Waals surface area contributed by atoms with Crippen LogP contribution in [-0.4, -0.2) is 12.0 Å². The highest BCUT2D eigenvalue weighted by Gasteiger charge is 2.26. The molecule has 16 heavy (non-hydrogen) atoms. The van der Waals surface area contributed by atoms with Gasteiger partial charge in [-0.1, -0.05) is 12.8 Å². The molecule has 2 rings (SSSR count). The number of nitrogens with one attached hydrogen (secondary N) is 1. The first-order chi connectivity index (χ1) is 7.72. The first-order valence-corrected chi connectivity index (χ1v) is 6.11. The van der Waals surface area contributed by atoms with Gasteiger partial charge in [0.15, 0.2) is 0 Å². The van der Waals surface area contributed by atoms with E-state index in [-0.39, 0.29) is 0 Å². The molecule has 1 aromatic heterocycles. The van der Waals surface area contributed by atoms with Gasteiger partial charge in [-0.3, -0.25) is 0 Å². The Morgan fingerprint density at radius 2 is 2.12 bits per heavy atom. The van der Waals surface area contributed by atoms with Gasteiger partial charge in [0.05, 0.1) is 0 Å². The van der Waals surface area contributed by atoms with Crippen molar-refractivity contribution in [2.75, 3.05) is 12.8 Å². The van der Waals surface area contributed by atoms with Gasteiger partial charge >= 0.3 is 0 Å². The van der Waals surface area contributed by atoms with Crippen molar-refractivity contribution in [2.24, 2.45) is 5.92 Å². The molecule has 1 saturated carbocycles. The first-order valence-electron chi connectivity index (χ1n) is 6.11. The summed E-state index contributed by atoms with van der Waals surface area (Å²) >= 11 is 0. The van der Waals surface area contributed by atoms with E-state index >= 15 is 0 Å². The van der Waals surface area contributed by atoms with Gasteiger partial charge in [-0.15, -0.1) is 0 Å². The third kappa shape index (κ3) is 2.19. The Morgan fingerprint density at radius 1 is 1.44 bits per heavy atom. The molecule has 1 fully saturated rings. The molecular formula is C13H21N3. The van der Waals surface area contributed by atoms with Crippen LogP contribution in [0.4, 0.5) is 5.82 Å².